The van der Waals surface area contributed by atoms with Gasteiger partial charge in [0.15, 0.2) is 0 Å². The average Bonchev–Trinajstić information content (AvgIpc) is 2.29. The first-order valence-corrected chi connectivity index (χ1v) is 5.78. The lowest BCUT2D eigenvalue weighted by Crippen LogP contribution is -2.37. The number of hydrogen-bond acceptors (Lipinski definition) is 3. The Balaban J connectivity index is 3.58. The van der Waals surface area contributed by atoms with Crippen molar-refractivity contribution in [3.8, 4) is 0 Å². The van der Waals surface area contributed by atoms with E-state index in [-0.39, 0.29) is 12.0 Å². The molecule has 90 valence electrons. The molecular weight excluding hydrogens is 190 g/mol. The minimum absolute atomic E-state index is 0.0549. The molecule has 0 bridgehead atoms. The number of hydrogen-bond donors (Lipinski definition) is 2. The zero-order valence-corrected chi connectivity index (χ0v) is 10.1. The minimum Gasteiger partial charge on any atom is -0.502 e. The van der Waals surface area contributed by atoms with E-state index in [1.54, 1.807) is 0 Å². The fraction of sp³-hybridized carbons (Fsp3) is 0.833. The van der Waals surface area contributed by atoms with Crippen molar-refractivity contribution in [2.75, 3.05) is 26.3 Å². The zero-order chi connectivity index (χ0) is 11.6. The summed E-state index contributed by atoms with van der Waals surface area (Å²) in [6.45, 7) is 10.5. The first-order valence-electron chi connectivity index (χ1n) is 5.78. The molecule has 0 aromatic heterocycles. The second kappa shape index (κ2) is 8.74. The Morgan fingerprint density at radius 3 is 2.53 bits per heavy atom. The molecule has 0 aliphatic rings. The van der Waals surface area contributed by atoms with Gasteiger partial charge in [0.05, 0.1) is 12.9 Å². The van der Waals surface area contributed by atoms with Crippen LogP contribution in [-0.2, 0) is 4.74 Å². The van der Waals surface area contributed by atoms with E-state index in [4.69, 9.17) is 4.74 Å². The van der Waals surface area contributed by atoms with Gasteiger partial charge in [-0.2, -0.15) is 0 Å². The van der Waals surface area contributed by atoms with Crippen molar-refractivity contribution < 1.29 is 9.84 Å². The Bertz CT molecular complexity index is 147. The molecule has 3 heteroatoms. The summed E-state index contributed by atoms with van der Waals surface area (Å²) < 4.78 is 5.02. The van der Waals surface area contributed by atoms with Crippen LogP contribution >= 0.6 is 0 Å². The molecule has 0 spiro atoms. The van der Waals surface area contributed by atoms with Crippen molar-refractivity contribution in [2.45, 2.75) is 33.1 Å². The summed E-state index contributed by atoms with van der Waals surface area (Å²) in [5.41, 5.74) is 0.0549. The second-order valence-electron chi connectivity index (χ2n) is 3.93. The second-order valence-corrected chi connectivity index (χ2v) is 3.93. The summed E-state index contributed by atoms with van der Waals surface area (Å²) in [6.07, 6.45) is 4.46. The molecule has 0 saturated heterocycles. The van der Waals surface area contributed by atoms with Gasteiger partial charge in [0.1, 0.15) is 0 Å². The molecule has 0 amide bonds. The standard InChI is InChI=1S/C12H25NO2/c1-4-12(5-2,11-14)10-13-8-7-9-15-6-3/h6,13-14H,3-5,7-11H2,1-2H3. The van der Waals surface area contributed by atoms with Crippen LogP contribution in [0.4, 0.5) is 0 Å². The lowest BCUT2D eigenvalue weighted by Gasteiger charge is -2.29. The van der Waals surface area contributed by atoms with E-state index in [1.165, 1.54) is 6.26 Å². The van der Waals surface area contributed by atoms with Crippen molar-refractivity contribution in [3.63, 3.8) is 0 Å². The molecule has 0 aromatic rings. The maximum atomic E-state index is 9.34. The van der Waals surface area contributed by atoms with Gasteiger partial charge < -0.3 is 15.2 Å². The molecule has 0 aliphatic carbocycles. The van der Waals surface area contributed by atoms with E-state index in [0.29, 0.717) is 6.61 Å². The van der Waals surface area contributed by atoms with Gasteiger partial charge in [-0.1, -0.05) is 20.4 Å². The Morgan fingerprint density at radius 1 is 1.40 bits per heavy atom. The fourth-order valence-corrected chi connectivity index (χ4v) is 1.50. The van der Waals surface area contributed by atoms with E-state index in [9.17, 15) is 5.11 Å². The van der Waals surface area contributed by atoms with Crippen molar-refractivity contribution in [3.05, 3.63) is 12.8 Å². The monoisotopic (exact) mass is 215 g/mol. The molecule has 2 N–H and O–H groups in total. The number of aliphatic hydroxyl groups excluding tert-OH is 1. The summed E-state index contributed by atoms with van der Waals surface area (Å²) >= 11 is 0. The van der Waals surface area contributed by atoms with Gasteiger partial charge >= 0.3 is 0 Å². The highest BCUT2D eigenvalue weighted by Crippen LogP contribution is 2.24. The van der Waals surface area contributed by atoms with E-state index in [1.807, 2.05) is 0 Å². The smallest absolute Gasteiger partial charge is 0.0885 e. The van der Waals surface area contributed by atoms with Crippen LogP contribution in [0.1, 0.15) is 33.1 Å². The number of aliphatic hydroxyl groups is 1. The summed E-state index contributed by atoms with van der Waals surface area (Å²) in [4.78, 5) is 0. The van der Waals surface area contributed by atoms with Gasteiger partial charge in [0.2, 0.25) is 0 Å². The molecule has 3 nitrogen and oxygen atoms in total. The van der Waals surface area contributed by atoms with Crippen LogP contribution in [0.15, 0.2) is 12.8 Å². The first kappa shape index (κ1) is 14.5. The molecule has 15 heavy (non-hydrogen) atoms. The van der Waals surface area contributed by atoms with Crippen LogP contribution in [0.5, 0.6) is 0 Å². The summed E-state index contributed by atoms with van der Waals surface area (Å²) in [7, 11) is 0. The van der Waals surface area contributed by atoms with E-state index in [0.717, 1.165) is 32.4 Å². The summed E-state index contributed by atoms with van der Waals surface area (Å²) in [6, 6.07) is 0. The number of rotatable bonds is 10. The molecule has 0 atom stereocenters. The average molecular weight is 215 g/mol. The third-order valence-electron chi connectivity index (χ3n) is 3.07. The Hall–Kier alpha value is -0.540. The zero-order valence-electron chi connectivity index (χ0n) is 10.1. The van der Waals surface area contributed by atoms with Crippen molar-refractivity contribution in [1.29, 1.82) is 0 Å². The first-order chi connectivity index (χ1) is 7.24. The van der Waals surface area contributed by atoms with E-state index < -0.39 is 0 Å². The number of nitrogens with one attached hydrogen (secondary N) is 1. The van der Waals surface area contributed by atoms with Gasteiger partial charge in [-0.15, -0.1) is 0 Å². The lowest BCUT2D eigenvalue weighted by molar-refractivity contribution is 0.112. The molecule has 0 unspecified atom stereocenters. The minimum atomic E-state index is 0.0549. The molecule has 0 aromatic carbocycles. The summed E-state index contributed by atoms with van der Waals surface area (Å²) in [5.74, 6) is 0. The van der Waals surface area contributed by atoms with Crippen LogP contribution in [0.25, 0.3) is 0 Å². The summed E-state index contributed by atoms with van der Waals surface area (Å²) in [5, 5.41) is 12.7. The Labute approximate surface area is 93.5 Å². The van der Waals surface area contributed by atoms with Crippen molar-refractivity contribution in [1.82, 2.24) is 5.32 Å². The molecule has 0 aliphatic heterocycles. The molecule has 0 rings (SSSR count). The van der Waals surface area contributed by atoms with Crippen LogP contribution in [0.3, 0.4) is 0 Å². The van der Waals surface area contributed by atoms with Crippen LogP contribution < -0.4 is 5.32 Å². The molecular formula is C12H25NO2. The maximum Gasteiger partial charge on any atom is 0.0885 e. The van der Waals surface area contributed by atoms with Crippen molar-refractivity contribution >= 4 is 0 Å². The normalized spacial score (nSPS) is 11.4. The highest BCUT2D eigenvalue weighted by atomic mass is 16.5. The van der Waals surface area contributed by atoms with Crippen LogP contribution in [-0.4, -0.2) is 31.4 Å². The third kappa shape index (κ3) is 5.80. The van der Waals surface area contributed by atoms with Crippen LogP contribution in [0, 0.1) is 5.41 Å². The molecule has 0 heterocycles. The Morgan fingerprint density at radius 2 is 2.07 bits per heavy atom. The predicted octanol–water partition coefficient (Wildman–Crippen LogP) is 1.92. The van der Waals surface area contributed by atoms with E-state index >= 15 is 0 Å². The highest BCUT2D eigenvalue weighted by Gasteiger charge is 2.24. The van der Waals surface area contributed by atoms with Gasteiger partial charge in [0, 0.05) is 18.6 Å². The Kier molecular flexibility index (Phi) is 8.43. The van der Waals surface area contributed by atoms with Crippen molar-refractivity contribution in [2.24, 2.45) is 5.41 Å². The molecule has 0 fully saturated rings. The van der Waals surface area contributed by atoms with E-state index in [2.05, 4.69) is 25.7 Å². The topological polar surface area (TPSA) is 41.5 Å². The number of ether oxygens (including phenoxy) is 1. The lowest BCUT2D eigenvalue weighted by atomic mass is 9.83. The van der Waals surface area contributed by atoms with Gasteiger partial charge in [-0.3, -0.25) is 0 Å². The van der Waals surface area contributed by atoms with Gasteiger partial charge in [-0.25, -0.2) is 0 Å². The molecule has 0 radical (unpaired) electrons. The van der Waals surface area contributed by atoms with Crippen LogP contribution in [0.2, 0.25) is 0 Å². The fourth-order valence-electron chi connectivity index (χ4n) is 1.50. The predicted molar refractivity (Wildman–Crippen MR) is 63.7 cm³/mol. The molecule has 0 saturated carbocycles. The third-order valence-corrected chi connectivity index (χ3v) is 3.07. The quantitative estimate of drug-likeness (QED) is 0.432. The van der Waals surface area contributed by atoms with Gasteiger partial charge in [0.25, 0.3) is 0 Å². The maximum absolute atomic E-state index is 9.34. The SMILES string of the molecule is C=COCCCNCC(CC)(CC)CO. The largest absolute Gasteiger partial charge is 0.502 e. The highest BCUT2D eigenvalue weighted by molar-refractivity contribution is 4.77. The van der Waals surface area contributed by atoms with Gasteiger partial charge in [-0.05, 0) is 25.8 Å².